The quantitative estimate of drug-likeness (QED) is 0.275. The molecule has 0 aromatic rings. The smallest absolute Gasteiger partial charge is 0.252 e. The van der Waals surface area contributed by atoms with Crippen LogP contribution in [-0.4, -0.2) is 30.7 Å². The minimum atomic E-state index is -3.75. The SMILES string of the molecule is NNC(=O)CC(C(=O)NN)S(=O)(=O)C1CCCCC1. The van der Waals surface area contributed by atoms with Gasteiger partial charge in [0.05, 0.1) is 11.7 Å². The van der Waals surface area contributed by atoms with Gasteiger partial charge in [-0.15, -0.1) is 0 Å². The Morgan fingerprint density at radius 1 is 1.11 bits per heavy atom. The molecule has 1 aliphatic carbocycles. The first-order valence-corrected chi connectivity index (χ1v) is 7.77. The average molecular weight is 292 g/mol. The van der Waals surface area contributed by atoms with Crippen LogP contribution in [0.2, 0.25) is 0 Å². The van der Waals surface area contributed by atoms with Crippen LogP contribution in [0.4, 0.5) is 0 Å². The fourth-order valence-corrected chi connectivity index (χ4v) is 4.51. The van der Waals surface area contributed by atoms with Crippen LogP contribution in [0.15, 0.2) is 0 Å². The fourth-order valence-electron chi connectivity index (χ4n) is 2.30. The summed E-state index contributed by atoms with van der Waals surface area (Å²) in [4.78, 5) is 22.9. The van der Waals surface area contributed by atoms with Gasteiger partial charge in [0.1, 0.15) is 0 Å². The van der Waals surface area contributed by atoms with Crippen molar-refractivity contribution in [1.82, 2.24) is 10.9 Å². The van der Waals surface area contributed by atoms with Gasteiger partial charge in [0, 0.05) is 0 Å². The zero-order chi connectivity index (χ0) is 14.5. The van der Waals surface area contributed by atoms with Gasteiger partial charge in [-0.1, -0.05) is 19.3 Å². The van der Waals surface area contributed by atoms with Crippen LogP contribution in [0.25, 0.3) is 0 Å². The molecule has 19 heavy (non-hydrogen) atoms. The summed E-state index contributed by atoms with van der Waals surface area (Å²) >= 11 is 0. The molecule has 0 heterocycles. The zero-order valence-electron chi connectivity index (χ0n) is 10.6. The van der Waals surface area contributed by atoms with Gasteiger partial charge in [-0.3, -0.25) is 20.4 Å². The third kappa shape index (κ3) is 3.88. The van der Waals surface area contributed by atoms with E-state index in [1.54, 1.807) is 5.43 Å². The first-order chi connectivity index (χ1) is 8.93. The second-order valence-electron chi connectivity index (χ2n) is 4.62. The van der Waals surface area contributed by atoms with Crippen molar-refractivity contribution in [3.8, 4) is 0 Å². The number of amides is 2. The van der Waals surface area contributed by atoms with Gasteiger partial charge in [-0.25, -0.2) is 20.1 Å². The molecule has 1 atom stereocenters. The maximum Gasteiger partial charge on any atom is 0.252 e. The molecule has 1 fully saturated rings. The molecule has 110 valence electrons. The minimum absolute atomic E-state index is 0.515. The Bertz CT molecular complexity index is 431. The summed E-state index contributed by atoms with van der Waals surface area (Å²) in [5.41, 5.74) is 3.63. The molecule has 0 aromatic carbocycles. The second-order valence-corrected chi connectivity index (χ2v) is 7.03. The predicted molar refractivity (Wildman–Crippen MR) is 68.9 cm³/mol. The number of hydrazine groups is 2. The highest BCUT2D eigenvalue weighted by molar-refractivity contribution is 7.93. The van der Waals surface area contributed by atoms with Crippen molar-refractivity contribution in [2.45, 2.75) is 49.0 Å². The van der Waals surface area contributed by atoms with Gasteiger partial charge in [0.2, 0.25) is 5.91 Å². The maximum absolute atomic E-state index is 12.4. The molecule has 2 amide bonds. The highest BCUT2D eigenvalue weighted by Gasteiger charge is 2.40. The Hall–Kier alpha value is -1.19. The molecule has 0 spiro atoms. The van der Waals surface area contributed by atoms with Crippen molar-refractivity contribution in [2.75, 3.05) is 0 Å². The molecule has 0 aliphatic heterocycles. The predicted octanol–water partition coefficient (Wildman–Crippen LogP) is -1.53. The molecule has 0 aromatic heterocycles. The van der Waals surface area contributed by atoms with Crippen LogP contribution in [0.1, 0.15) is 38.5 Å². The summed E-state index contributed by atoms with van der Waals surface area (Å²) in [6, 6.07) is 0. The molecule has 0 radical (unpaired) electrons. The summed E-state index contributed by atoms with van der Waals surface area (Å²) in [7, 11) is -3.75. The lowest BCUT2D eigenvalue weighted by Crippen LogP contribution is -2.49. The topological polar surface area (TPSA) is 144 Å². The Balaban J connectivity index is 2.94. The van der Waals surface area contributed by atoms with Gasteiger partial charge >= 0.3 is 0 Å². The van der Waals surface area contributed by atoms with Crippen LogP contribution in [0.3, 0.4) is 0 Å². The van der Waals surface area contributed by atoms with E-state index in [1.165, 1.54) is 0 Å². The Kier molecular flexibility index (Phi) is 5.70. The highest BCUT2D eigenvalue weighted by atomic mass is 32.2. The minimum Gasteiger partial charge on any atom is -0.294 e. The van der Waals surface area contributed by atoms with Gasteiger partial charge < -0.3 is 0 Å². The first kappa shape index (κ1) is 15.9. The van der Waals surface area contributed by atoms with E-state index in [2.05, 4.69) is 0 Å². The zero-order valence-corrected chi connectivity index (χ0v) is 11.4. The van der Waals surface area contributed by atoms with Crippen molar-refractivity contribution in [2.24, 2.45) is 11.7 Å². The van der Waals surface area contributed by atoms with E-state index in [0.29, 0.717) is 12.8 Å². The van der Waals surface area contributed by atoms with Crippen molar-refractivity contribution in [1.29, 1.82) is 0 Å². The lowest BCUT2D eigenvalue weighted by molar-refractivity contribution is -0.126. The van der Waals surface area contributed by atoms with Crippen molar-refractivity contribution in [3.05, 3.63) is 0 Å². The number of nitrogens with two attached hydrogens (primary N) is 2. The maximum atomic E-state index is 12.4. The molecule has 1 aliphatic rings. The van der Waals surface area contributed by atoms with E-state index in [1.807, 2.05) is 5.43 Å². The van der Waals surface area contributed by atoms with E-state index in [0.717, 1.165) is 19.3 Å². The third-order valence-electron chi connectivity index (χ3n) is 3.38. The number of carbonyl (C=O) groups excluding carboxylic acids is 2. The van der Waals surface area contributed by atoms with Crippen LogP contribution < -0.4 is 22.5 Å². The van der Waals surface area contributed by atoms with Crippen LogP contribution in [0, 0.1) is 0 Å². The lowest BCUT2D eigenvalue weighted by Gasteiger charge is -2.25. The molecule has 0 bridgehead atoms. The largest absolute Gasteiger partial charge is 0.294 e. The molecule has 1 saturated carbocycles. The van der Waals surface area contributed by atoms with Crippen molar-refractivity contribution >= 4 is 21.7 Å². The van der Waals surface area contributed by atoms with E-state index in [-0.39, 0.29) is 0 Å². The number of hydrogen-bond acceptors (Lipinski definition) is 6. The number of rotatable bonds is 5. The average Bonchev–Trinajstić information content (AvgIpc) is 2.44. The van der Waals surface area contributed by atoms with Crippen molar-refractivity contribution in [3.63, 3.8) is 0 Å². The lowest BCUT2D eigenvalue weighted by atomic mass is 10.0. The van der Waals surface area contributed by atoms with Gasteiger partial charge in [-0.05, 0) is 12.8 Å². The molecule has 1 unspecified atom stereocenters. The van der Waals surface area contributed by atoms with E-state index in [4.69, 9.17) is 11.7 Å². The molecule has 9 heteroatoms. The summed E-state index contributed by atoms with van der Waals surface area (Å²) in [6.45, 7) is 0. The number of sulfone groups is 1. The summed E-state index contributed by atoms with van der Waals surface area (Å²) < 4.78 is 24.8. The number of hydrogen-bond donors (Lipinski definition) is 4. The van der Waals surface area contributed by atoms with E-state index < -0.39 is 38.6 Å². The van der Waals surface area contributed by atoms with Crippen LogP contribution >= 0.6 is 0 Å². The molecular weight excluding hydrogens is 272 g/mol. The Morgan fingerprint density at radius 3 is 2.16 bits per heavy atom. The van der Waals surface area contributed by atoms with E-state index in [9.17, 15) is 18.0 Å². The van der Waals surface area contributed by atoms with Crippen molar-refractivity contribution < 1.29 is 18.0 Å². The second kappa shape index (κ2) is 6.83. The van der Waals surface area contributed by atoms with Crippen LogP contribution in [-0.2, 0) is 19.4 Å². The monoisotopic (exact) mass is 292 g/mol. The molecule has 8 nitrogen and oxygen atoms in total. The highest BCUT2D eigenvalue weighted by Crippen LogP contribution is 2.27. The summed E-state index contributed by atoms with van der Waals surface area (Å²) in [5, 5.41) is -2.07. The van der Waals surface area contributed by atoms with Crippen LogP contribution in [0.5, 0.6) is 0 Å². The standard InChI is InChI=1S/C10H20N4O4S/c11-13-9(15)6-8(10(16)14-12)19(17,18)7-4-2-1-3-5-7/h7-8H,1-6,11-12H2,(H,13,15)(H,14,16). The Morgan fingerprint density at radius 2 is 1.68 bits per heavy atom. The number of nitrogens with one attached hydrogen (secondary N) is 2. The van der Waals surface area contributed by atoms with Gasteiger partial charge in [0.25, 0.3) is 5.91 Å². The molecular formula is C10H20N4O4S. The first-order valence-electron chi connectivity index (χ1n) is 6.16. The fraction of sp³-hybridized carbons (Fsp3) is 0.800. The molecule has 0 saturated heterocycles. The molecule has 1 rings (SSSR count). The Labute approximate surface area is 112 Å². The van der Waals surface area contributed by atoms with Gasteiger partial charge in [0.15, 0.2) is 15.1 Å². The summed E-state index contributed by atoms with van der Waals surface area (Å²) in [5.74, 6) is 8.32. The van der Waals surface area contributed by atoms with E-state index >= 15 is 0 Å². The third-order valence-corrected chi connectivity index (χ3v) is 5.95. The molecule has 6 N–H and O–H groups in total. The number of carbonyl (C=O) groups is 2. The normalized spacial score (nSPS) is 18.6. The summed E-state index contributed by atoms with van der Waals surface area (Å²) in [6.07, 6.45) is 3.12. The van der Waals surface area contributed by atoms with Gasteiger partial charge in [-0.2, -0.15) is 0 Å².